The molecule has 1 amide bonds. The van der Waals surface area contributed by atoms with Crippen molar-refractivity contribution in [2.75, 3.05) is 34.0 Å². The number of hydrogen-bond donors (Lipinski definition) is 1. The maximum absolute atomic E-state index is 11.3. The Labute approximate surface area is 95.2 Å². The van der Waals surface area contributed by atoms with Crippen LogP contribution in [0.2, 0.25) is 0 Å². The van der Waals surface area contributed by atoms with Crippen molar-refractivity contribution < 1.29 is 23.8 Å². The van der Waals surface area contributed by atoms with Crippen molar-refractivity contribution in [3.8, 4) is 0 Å². The number of rotatable bonds is 8. The number of carbonyl (C=O) groups excluding carboxylic acids is 2. The van der Waals surface area contributed by atoms with Crippen LogP contribution in [-0.4, -0.2) is 52.0 Å². The fraction of sp³-hybridized carbons (Fsp3) is 0.800. The Bertz CT molecular complexity index is 219. The molecule has 0 aromatic carbocycles. The van der Waals surface area contributed by atoms with E-state index in [0.29, 0.717) is 19.6 Å². The molecule has 0 aromatic heterocycles. The molecule has 16 heavy (non-hydrogen) atoms. The van der Waals surface area contributed by atoms with E-state index < -0.39 is 12.0 Å². The third-order valence-electron chi connectivity index (χ3n) is 1.89. The van der Waals surface area contributed by atoms with Crippen molar-refractivity contribution >= 4 is 11.9 Å². The summed E-state index contributed by atoms with van der Waals surface area (Å²) in [6, 6.07) is -0.608. The second kappa shape index (κ2) is 9.11. The van der Waals surface area contributed by atoms with Gasteiger partial charge in [0.05, 0.1) is 20.3 Å². The van der Waals surface area contributed by atoms with Crippen LogP contribution in [-0.2, 0) is 23.8 Å². The molecule has 1 N–H and O–H groups in total. The molecule has 0 rings (SSSR count). The van der Waals surface area contributed by atoms with Crippen molar-refractivity contribution in [3.05, 3.63) is 0 Å². The summed E-state index contributed by atoms with van der Waals surface area (Å²) in [5.41, 5.74) is 0. The SMILES string of the molecule is CC[C@H](NC(=O)COCCOC)C(=O)OC. The molecule has 1 atom stereocenters. The molecule has 0 aliphatic heterocycles. The lowest BCUT2D eigenvalue weighted by atomic mass is 10.2. The minimum absolute atomic E-state index is 0.0865. The molecule has 0 radical (unpaired) electrons. The standard InChI is InChI=1S/C10H19NO5/c1-4-8(10(13)15-3)11-9(12)7-16-6-5-14-2/h8H,4-7H2,1-3H3,(H,11,12)/t8-/m0/s1. The zero-order valence-electron chi connectivity index (χ0n) is 9.95. The van der Waals surface area contributed by atoms with Gasteiger partial charge in [-0.15, -0.1) is 0 Å². The molecule has 0 aromatic rings. The number of carbonyl (C=O) groups is 2. The van der Waals surface area contributed by atoms with E-state index in [1.807, 2.05) is 0 Å². The quantitative estimate of drug-likeness (QED) is 0.461. The zero-order chi connectivity index (χ0) is 12.4. The second-order valence-electron chi connectivity index (χ2n) is 3.10. The van der Waals surface area contributed by atoms with Crippen molar-refractivity contribution in [2.45, 2.75) is 19.4 Å². The van der Waals surface area contributed by atoms with Crippen LogP contribution in [0.5, 0.6) is 0 Å². The van der Waals surface area contributed by atoms with Gasteiger partial charge in [-0.1, -0.05) is 6.92 Å². The first kappa shape index (κ1) is 14.9. The Morgan fingerprint density at radius 1 is 1.25 bits per heavy atom. The molecule has 6 heteroatoms. The smallest absolute Gasteiger partial charge is 0.328 e. The Balaban J connectivity index is 3.79. The van der Waals surface area contributed by atoms with Crippen LogP contribution < -0.4 is 5.32 Å². The summed E-state index contributed by atoms with van der Waals surface area (Å²) in [5.74, 6) is -0.791. The van der Waals surface area contributed by atoms with E-state index in [4.69, 9.17) is 9.47 Å². The summed E-state index contributed by atoms with van der Waals surface area (Å²) >= 11 is 0. The Morgan fingerprint density at radius 2 is 1.94 bits per heavy atom. The van der Waals surface area contributed by atoms with Crippen molar-refractivity contribution in [3.63, 3.8) is 0 Å². The predicted molar refractivity (Wildman–Crippen MR) is 56.9 cm³/mol. The highest BCUT2D eigenvalue weighted by Gasteiger charge is 2.18. The monoisotopic (exact) mass is 233 g/mol. The molecule has 0 fully saturated rings. The van der Waals surface area contributed by atoms with E-state index >= 15 is 0 Å². The van der Waals surface area contributed by atoms with Crippen LogP contribution in [0.25, 0.3) is 0 Å². The molecule has 0 aliphatic carbocycles. The fourth-order valence-electron chi connectivity index (χ4n) is 1.01. The summed E-state index contributed by atoms with van der Waals surface area (Å²) in [7, 11) is 2.83. The second-order valence-corrected chi connectivity index (χ2v) is 3.10. The van der Waals surface area contributed by atoms with Crippen LogP contribution in [0, 0.1) is 0 Å². The lowest BCUT2D eigenvalue weighted by Gasteiger charge is -2.14. The van der Waals surface area contributed by atoms with E-state index in [0.717, 1.165) is 0 Å². The van der Waals surface area contributed by atoms with Crippen LogP contribution >= 0.6 is 0 Å². The van der Waals surface area contributed by atoms with E-state index in [9.17, 15) is 9.59 Å². The number of nitrogens with one attached hydrogen (secondary N) is 1. The fourth-order valence-corrected chi connectivity index (χ4v) is 1.01. The third-order valence-corrected chi connectivity index (χ3v) is 1.89. The van der Waals surface area contributed by atoms with Gasteiger partial charge in [-0.05, 0) is 6.42 Å². The first-order valence-corrected chi connectivity index (χ1v) is 5.09. The van der Waals surface area contributed by atoms with Crippen LogP contribution in [0.15, 0.2) is 0 Å². The minimum Gasteiger partial charge on any atom is -0.467 e. The van der Waals surface area contributed by atoms with E-state index in [-0.39, 0.29) is 12.5 Å². The molecular weight excluding hydrogens is 214 g/mol. The average molecular weight is 233 g/mol. The molecule has 0 bridgehead atoms. The van der Waals surface area contributed by atoms with Gasteiger partial charge < -0.3 is 19.5 Å². The number of ether oxygens (including phenoxy) is 3. The maximum Gasteiger partial charge on any atom is 0.328 e. The maximum atomic E-state index is 11.3. The first-order valence-electron chi connectivity index (χ1n) is 5.09. The summed E-state index contributed by atoms with van der Waals surface area (Å²) in [5, 5.41) is 2.51. The molecule has 6 nitrogen and oxygen atoms in total. The van der Waals surface area contributed by atoms with Gasteiger partial charge in [0.1, 0.15) is 12.6 Å². The van der Waals surface area contributed by atoms with Crippen LogP contribution in [0.1, 0.15) is 13.3 Å². The van der Waals surface area contributed by atoms with E-state index in [1.165, 1.54) is 7.11 Å². The summed E-state index contributed by atoms with van der Waals surface area (Å²) in [4.78, 5) is 22.5. The molecular formula is C10H19NO5. The van der Waals surface area contributed by atoms with Crippen molar-refractivity contribution in [1.29, 1.82) is 0 Å². The molecule has 0 unspecified atom stereocenters. The van der Waals surface area contributed by atoms with Gasteiger partial charge >= 0.3 is 5.97 Å². The highest BCUT2D eigenvalue weighted by Crippen LogP contribution is 1.93. The normalized spacial score (nSPS) is 11.9. The number of hydrogen-bond acceptors (Lipinski definition) is 5. The largest absolute Gasteiger partial charge is 0.467 e. The summed E-state index contributed by atoms with van der Waals surface area (Å²) in [6.07, 6.45) is 0.483. The average Bonchev–Trinajstić information content (AvgIpc) is 2.30. The molecule has 0 saturated heterocycles. The minimum atomic E-state index is -0.608. The van der Waals surface area contributed by atoms with Crippen LogP contribution in [0.4, 0.5) is 0 Å². The highest BCUT2D eigenvalue weighted by atomic mass is 16.5. The number of amides is 1. The van der Waals surface area contributed by atoms with E-state index in [1.54, 1.807) is 14.0 Å². The highest BCUT2D eigenvalue weighted by molar-refractivity contribution is 5.84. The van der Waals surface area contributed by atoms with Gasteiger partial charge in [0.15, 0.2) is 0 Å². The van der Waals surface area contributed by atoms with E-state index in [2.05, 4.69) is 10.1 Å². The Kier molecular flexibility index (Phi) is 8.46. The lowest BCUT2D eigenvalue weighted by molar-refractivity contribution is -0.145. The van der Waals surface area contributed by atoms with Crippen LogP contribution in [0.3, 0.4) is 0 Å². The number of methoxy groups -OCH3 is 2. The predicted octanol–water partition coefficient (Wildman–Crippen LogP) is -0.283. The zero-order valence-corrected chi connectivity index (χ0v) is 9.95. The molecule has 0 aliphatic rings. The third kappa shape index (κ3) is 6.36. The lowest BCUT2D eigenvalue weighted by Crippen LogP contribution is -2.42. The van der Waals surface area contributed by atoms with Gasteiger partial charge in [-0.25, -0.2) is 4.79 Å². The van der Waals surface area contributed by atoms with Gasteiger partial charge in [0, 0.05) is 7.11 Å². The molecule has 94 valence electrons. The molecule has 0 spiro atoms. The van der Waals surface area contributed by atoms with Gasteiger partial charge in [0.2, 0.25) is 5.91 Å². The first-order chi connectivity index (χ1) is 7.65. The van der Waals surface area contributed by atoms with Crippen molar-refractivity contribution in [2.24, 2.45) is 0 Å². The Morgan fingerprint density at radius 3 is 2.44 bits per heavy atom. The van der Waals surface area contributed by atoms with Gasteiger partial charge in [-0.3, -0.25) is 4.79 Å². The molecule has 0 heterocycles. The summed E-state index contributed by atoms with van der Waals surface area (Å²) in [6.45, 7) is 2.48. The van der Waals surface area contributed by atoms with Gasteiger partial charge in [0.25, 0.3) is 0 Å². The Hall–Kier alpha value is -1.14. The number of esters is 1. The molecule has 0 saturated carbocycles. The topological polar surface area (TPSA) is 73.9 Å². The van der Waals surface area contributed by atoms with Gasteiger partial charge in [-0.2, -0.15) is 0 Å². The summed E-state index contributed by atoms with van der Waals surface area (Å²) < 4.78 is 14.3. The van der Waals surface area contributed by atoms with Crippen molar-refractivity contribution in [1.82, 2.24) is 5.32 Å².